The summed E-state index contributed by atoms with van der Waals surface area (Å²) in [6.45, 7) is 7.19. The Morgan fingerprint density at radius 2 is 2.19 bits per heavy atom. The Bertz CT molecular complexity index is 456. The zero-order valence-corrected chi connectivity index (χ0v) is 13.1. The van der Waals surface area contributed by atoms with Gasteiger partial charge in [0.05, 0.1) is 5.69 Å². The summed E-state index contributed by atoms with van der Waals surface area (Å²) in [5, 5.41) is 3.49. The molecular weight excluding hydrogens is 266 g/mol. The van der Waals surface area contributed by atoms with E-state index in [4.69, 9.17) is 4.74 Å². The number of carbonyl (C=O) groups is 1. The van der Waals surface area contributed by atoms with E-state index in [0.717, 1.165) is 38.0 Å². The first-order valence-electron chi connectivity index (χ1n) is 7.58. The summed E-state index contributed by atoms with van der Waals surface area (Å²) in [4.78, 5) is 18.0. The molecule has 116 valence electrons. The van der Waals surface area contributed by atoms with Crippen molar-refractivity contribution < 1.29 is 9.53 Å². The predicted molar refractivity (Wildman–Crippen MR) is 83.3 cm³/mol. The van der Waals surface area contributed by atoms with Crippen LogP contribution in [0.5, 0.6) is 0 Å². The number of carbonyl (C=O) groups excluding carboxylic acids is 1. The zero-order chi connectivity index (χ0) is 15.3. The van der Waals surface area contributed by atoms with Crippen molar-refractivity contribution in [3.8, 4) is 0 Å². The van der Waals surface area contributed by atoms with E-state index in [2.05, 4.69) is 10.3 Å². The second-order valence-electron chi connectivity index (χ2n) is 6.48. The summed E-state index contributed by atoms with van der Waals surface area (Å²) in [5.41, 5.74) is 0.602. The van der Waals surface area contributed by atoms with E-state index in [0.29, 0.717) is 6.04 Å². The highest BCUT2D eigenvalue weighted by atomic mass is 16.6. The summed E-state index contributed by atoms with van der Waals surface area (Å²) < 4.78 is 5.44. The van der Waals surface area contributed by atoms with Crippen molar-refractivity contribution >= 4 is 11.8 Å². The predicted octanol–water partition coefficient (Wildman–Crippen LogP) is 3.28. The van der Waals surface area contributed by atoms with E-state index < -0.39 is 5.60 Å². The van der Waals surface area contributed by atoms with Gasteiger partial charge in [0, 0.05) is 31.5 Å². The molecule has 21 heavy (non-hydrogen) atoms. The molecule has 1 N–H and O–H groups in total. The van der Waals surface area contributed by atoms with Crippen LogP contribution in [0.2, 0.25) is 0 Å². The fraction of sp³-hybridized carbons (Fsp3) is 0.625. The lowest BCUT2D eigenvalue weighted by Crippen LogP contribution is -2.37. The normalized spacial score (nSPS) is 19.8. The molecule has 0 radical (unpaired) electrons. The Morgan fingerprint density at radius 1 is 1.38 bits per heavy atom. The standard InChI is InChI=1S/C16H25N3O2/c1-16(2,3)21-15(20)19-10-5-7-13(8-11-19)18-14-6-4-9-17-12-14/h4,6,9,12-13,18H,5,7-8,10-11H2,1-3H3. The third-order valence-electron chi connectivity index (χ3n) is 3.41. The van der Waals surface area contributed by atoms with Crippen LogP contribution in [0.15, 0.2) is 24.5 Å². The smallest absolute Gasteiger partial charge is 0.410 e. The highest BCUT2D eigenvalue weighted by Crippen LogP contribution is 2.18. The third kappa shape index (κ3) is 5.25. The van der Waals surface area contributed by atoms with Gasteiger partial charge in [0.15, 0.2) is 0 Å². The molecule has 2 heterocycles. The second-order valence-corrected chi connectivity index (χ2v) is 6.48. The second kappa shape index (κ2) is 6.78. The van der Waals surface area contributed by atoms with Crippen LogP contribution in [-0.4, -0.2) is 40.7 Å². The van der Waals surface area contributed by atoms with E-state index in [9.17, 15) is 4.79 Å². The number of likely N-dealkylation sites (tertiary alicyclic amines) is 1. The fourth-order valence-corrected chi connectivity index (χ4v) is 2.43. The average molecular weight is 291 g/mol. The molecule has 1 aliphatic heterocycles. The number of ether oxygens (including phenoxy) is 1. The highest BCUT2D eigenvalue weighted by molar-refractivity contribution is 5.68. The molecule has 0 aromatic carbocycles. The number of hydrogen-bond acceptors (Lipinski definition) is 4. The van der Waals surface area contributed by atoms with Crippen LogP contribution >= 0.6 is 0 Å². The van der Waals surface area contributed by atoms with Gasteiger partial charge in [-0.25, -0.2) is 4.79 Å². The minimum Gasteiger partial charge on any atom is -0.444 e. The number of aromatic nitrogens is 1. The van der Waals surface area contributed by atoms with Crippen LogP contribution in [0, 0.1) is 0 Å². The van der Waals surface area contributed by atoms with Crippen LogP contribution in [0.25, 0.3) is 0 Å². The van der Waals surface area contributed by atoms with Crippen LogP contribution in [0.3, 0.4) is 0 Å². The molecule has 5 heteroatoms. The molecule has 1 atom stereocenters. The van der Waals surface area contributed by atoms with Gasteiger partial charge in [0.25, 0.3) is 0 Å². The molecule has 0 aliphatic carbocycles. The molecule has 1 aromatic rings. The maximum atomic E-state index is 12.1. The van der Waals surface area contributed by atoms with E-state index in [1.54, 1.807) is 6.20 Å². The first kappa shape index (κ1) is 15.6. The van der Waals surface area contributed by atoms with E-state index in [1.807, 2.05) is 44.0 Å². The topological polar surface area (TPSA) is 54.5 Å². The van der Waals surface area contributed by atoms with Gasteiger partial charge in [-0.2, -0.15) is 0 Å². The summed E-state index contributed by atoms with van der Waals surface area (Å²) in [6, 6.07) is 4.32. The molecule has 0 saturated carbocycles. The Hall–Kier alpha value is -1.78. The van der Waals surface area contributed by atoms with Crippen molar-refractivity contribution in [1.82, 2.24) is 9.88 Å². The molecule has 1 saturated heterocycles. The lowest BCUT2D eigenvalue weighted by molar-refractivity contribution is 0.0256. The molecule has 1 unspecified atom stereocenters. The highest BCUT2D eigenvalue weighted by Gasteiger charge is 2.25. The maximum Gasteiger partial charge on any atom is 0.410 e. The summed E-state index contributed by atoms with van der Waals surface area (Å²) in [7, 11) is 0. The lowest BCUT2D eigenvalue weighted by Gasteiger charge is -2.26. The minimum absolute atomic E-state index is 0.204. The number of hydrogen-bond donors (Lipinski definition) is 1. The molecule has 5 nitrogen and oxygen atoms in total. The molecule has 1 fully saturated rings. The fourth-order valence-electron chi connectivity index (χ4n) is 2.43. The molecule has 1 aliphatic rings. The molecule has 1 aromatic heterocycles. The van der Waals surface area contributed by atoms with Crippen molar-refractivity contribution in [3.63, 3.8) is 0 Å². The van der Waals surface area contributed by atoms with Gasteiger partial charge in [0.1, 0.15) is 5.60 Å². The zero-order valence-electron chi connectivity index (χ0n) is 13.1. The quantitative estimate of drug-likeness (QED) is 0.908. The van der Waals surface area contributed by atoms with Crippen molar-refractivity contribution in [2.75, 3.05) is 18.4 Å². The van der Waals surface area contributed by atoms with Crippen molar-refractivity contribution in [2.45, 2.75) is 51.7 Å². The number of amides is 1. The van der Waals surface area contributed by atoms with Gasteiger partial charge in [-0.1, -0.05) is 0 Å². The Balaban J connectivity index is 1.86. The molecule has 2 rings (SSSR count). The Morgan fingerprint density at radius 3 is 2.86 bits per heavy atom. The number of anilines is 1. The van der Waals surface area contributed by atoms with E-state index in [-0.39, 0.29) is 6.09 Å². The van der Waals surface area contributed by atoms with E-state index in [1.165, 1.54) is 0 Å². The van der Waals surface area contributed by atoms with Crippen molar-refractivity contribution in [3.05, 3.63) is 24.5 Å². The van der Waals surface area contributed by atoms with Crippen LogP contribution in [0.1, 0.15) is 40.0 Å². The SMILES string of the molecule is CC(C)(C)OC(=O)N1CCCC(Nc2cccnc2)CC1. The van der Waals surface area contributed by atoms with Crippen LogP contribution in [-0.2, 0) is 4.74 Å². The number of rotatable bonds is 2. The first-order valence-corrected chi connectivity index (χ1v) is 7.58. The summed E-state index contributed by atoms with van der Waals surface area (Å²) >= 11 is 0. The molecule has 1 amide bonds. The monoisotopic (exact) mass is 291 g/mol. The van der Waals surface area contributed by atoms with Gasteiger partial charge in [-0.05, 0) is 52.2 Å². The Kier molecular flexibility index (Phi) is 5.04. The van der Waals surface area contributed by atoms with Crippen LogP contribution < -0.4 is 5.32 Å². The van der Waals surface area contributed by atoms with E-state index >= 15 is 0 Å². The van der Waals surface area contributed by atoms with Crippen molar-refractivity contribution in [1.29, 1.82) is 0 Å². The largest absolute Gasteiger partial charge is 0.444 e. The Labute approximate surface area is 126 Å². The van der Waals surface area contributed by atoms with Gasteiger partial charge in [0.2, 0.25) is 0 Å². The van der Waals surface area contributed by atoms with Crippen LogP contribution in [0.4, 0.5) is 10.5 Å². The molecule has 0 spiro atoms. The summed E-state index contributed by atoms with van der Waals surface area (Å²) in [5.74, 6) is 0. The maximum absolute atomic E-state index is 12.1. The number of nitrogens with one attached hydrogen (secondary N) is 1. The number of pyridine rings is 1. The van der Waals surface area contributed by atoms with Gasteiger partial charge < -0.3 is 15.0 Å². The minimum atomic E-state index is -0.434. The van der Waals surface area contributed by atoms with Crippen molar-refractivity contribution in [2.24, 2.45) is 0 Å². The van der Waals surface area contributed by atoms with Gasteiger partial charge >= 0.3 is 6.09 Å². The third-order valence-corrected chi connectivity index (χ3v) is 3.41. The first-order chi connectivity index (χ1) is 9.94. The average Bonchev–Trinajstić information content (AvgIpc) is 2.64. The molecule has 0 bridgehead atoms. The number of nitrogens with zero attached hydrogens (tertiary/aromatic N) is 2. The van der Waals surface area contributed by atoms with Gasteiger partial charge in [-0.15, -0.1) is 0 Å². The molecular formula is C16H25N3O2. The summed E-state index contributed by atoms with van der Waals surface area (Å²) in [6.07, 6.45) is 6.35. The van der Waals surface area contributed by atoms with Gasteiger partial charge in [-0.3, -0.25) is 4.98 Å². The lowest BCUT2D eigenvalue weighted by atomic mass is 10.1.